The number of aliphatic hydroxyl groups excluding tert-OH is 1. The molecule has 0 radical (unpaired) electrons. The molecule has 1 aliphatic heterocycles. The molecule has 1 aliphatic rings. The second-order valence-electron chi connectivity index (χ2n) is 3.81. The van der Waals surface area contributed by atoms with E-state index in [1.54, 1.807) is 12.1 Å². The molecule has 3 rings (SSSR count). The van der Waals surface area contributed by atoms with Crippen LogP contribution >= 0.6 is 11.3 Å². The zero-order valence-electron chi connectivity index (χ0n) is 10.0. The van der Waals surface area contributed by atoms with Crippen molar-refractivity contribution in [3.63, 3.8) is 0 Å². The fraction of sp³-hybridized carbons (Fsp3) is 0.0769. The zero-order chi connectivity index (χ0) is 14.1. The third-order valence-electron chi connectivity index (χ3n) is 2.62. The number of rotatable bonds is 1. The maximum atomic E-state index is 12.2. The lowest BCUT2D eigenvalue weighted by molar-refractivity contribution is 0.0924. The van der Waals surface area contributed by atoms with Crippen molar-refractivity contribution in [1.29, 1.82) is 0 Å². The third kappa shape index (κ3) is 1.87. The smallest absolute Gasteiger partial charge is 0.286 e. The number of nitrogens with zero attached hydrogens (tertiary/aromatic N) is 3. The highest BCUT2D eigenvalue weighted by molar-refractivity contribution is 7.16. The lowest BCUT2D eigenvalue weighted by atomic mass is 10.2. The summed E-state index contributed by atoms with van der Waals surface area (Å²) >= 11 is 1.11. The van der Waals surface area contributed by atoms with E-state index in [-0.39, 0.29) is 23.0 Å². The van der Waals surface area contributed by atoms with Crippen LogP contribution in [0.5, 0.6) is 0 Å². The van der Waals surface area contributed by atoms with E-state index in [0.717, 1.165) is 16.2 Å². The van der Waals surface area contributed by atoms with E-state index >= 15 is 0 Å². The van der Waals surface area contributed by atoms with Gasteiger partial charge in [-0.05, 0) is 12.1 Å². The summed E-state index contributed by atoms with van der Waals surface area (Å²) in [7, 11) is 0. The van der Waals surface area contributed by atoms with Gasteiger partial charge < -0.3 is 5.11 Å². The molecule has 0 aromatic carbocycles. The molecule has 2 amide bonds. The average molecular weight is 285 g/mol. The normalized spacial score (nSPS) is 13.2. The highest BCUT2D eigenvalue weighted by atomic mass is 32.1. The van der Waals surface area contributed by atoms with Gasteiger partial charge in [0.15, 0.2) is 0 Å². The maximum absolute atomic E-state index is 12.2. The number of anilines is 1. The number of carbonyl (C=O) groups is 2. The number of imide groups is 1. The van der Waals surface area contributed by atoms with Gasteiger partial charge in [0.1, 0.15) is 12.3 Å². The molecule has 2 aromatic rings. The highest BCUT2D eigenvalue weighted by Crippen LogP contribution is 2.29. The first-order chi connectivity index (χ1) is 9.72. The van der Waals surface area contributed by atoms with E-state index in [0.29, 0.717) is 4.88 Å². The lowest BCUT2D eigenvalue weighted by Gasteiger charge is -2.07. The summed E-state index contributed by atoms with van der Waals surface area (Å²) in [5, 5.41) is 8.88. The van der Waals surface area contributed by atoms with Crippen molar-refractivity contribution in [2.75, 3.05) is 11.5 Å². The van der Waals surface area contributed by atoms with E-state index in [1.165, 1.54) is 12.4 Å². The minimum Gasteiger partial charge on any atom is -0.384 e. The largest absolute Gasteiger partial charge is 0.384 e. The maximum Gasteiger partial charge on any atom is 0.286 e. The molecule has 3 heterocycles. The summed E-state index contributed by atoms with van der Waals surface area (Å²) in [6.07, 6.45) is 2.92. The van der Waals surface area contributed by atoms with Crippen molar-refractivity contribution >= 4 is 28.3 Å². The van der Waals surface area contributed by atoms with Crippen LogP contribution in [0.2, 0.25) is 0 Å². The molecular weight excluding hydrogens is 278 g/mol. The number of thiazole rings is 1. The summed E-state index contributed by atoms with van der Waals surface area (Å²) in [4.78, 5) is 33.9. The van der Waals surface area contributed by atoms with Crippen LogP contribution in [-0.4, -0.2) is 33.5 Å². The number of pyridine rings is 1. The first kappa shape index (κ1) is 12.5. The van der Waals surface area contributed by atoms with Crippen LogP contribution in [0, 0.1) is 11.8 Å². The van der Waals surface area contributed by atoms with Crippen LogP contribution in [0.15, 0.2) is 24.5 Å². The molecule has 0 unspecified atom stereocenters. The summed E-state index contributed by atoms with van der Waals surface area (Å²) < 4.78 is 0. The second-order valence-corrected chi connectivity index (χ2v) is 4.82. The first-order valence-corrected chi connectivity index (χ1v) is 6.43. The van der Waals surface area contributed by atoms with Gasteiger partial charge in [-0.1, -0.05) is 23.2 Å². The summed E-state index contributed by atoms with van der Waals surface area (Å²) in [6, 6.07) is 3.16. The van der Waals surface area contributed by atoms with Crippen LogP contribution in [-0.2, 0) is 0 Å². The molecule has 0 aliphatic carbocycles. The van der Waals surface area contributed by atoms with Gasteiger partial charge in [0, 0.05) is 6.20 Å². The van der Waals surface area contributed by atoms with Gasteiger partial charge in [-0.25, -0.2) is 9.88 Å². The van der Waals surface area contributed by atoms with Gasteiger partial charge in [-0.15, -0.1) is 0 Å². The molecule has 2 aromatic heterocycles. The quantitative estimate of drug-likeness (QED) is 0.615. The summed E-state index contributed by atoms with van der Waals surface area (Å²) in [5.41, 5.74) is 0.409. The Morgan fingerprint density at radius 2 is 2.15 bits per heavy atom. The number of carbonyl (C=O) groups excluding carboxylic acids is 2. The van der Waals surface area contributed by atoms with Crippen molar-refractivity contribution in [1.82, 2.24) is 9.97 Å². The Kier molecular flexibility index (Phi) is 3.02. The summed E-state index contributed by atoms with van der Waals surface area (Å²) in [5.74, 6) is 4.24. The lowest BCUT2D eigenvalue weighted by Crippen LogP contribution is -2.29. The number of aliphatic hydroxyl groups is 1. The van der Waals surface area contributed by atoms with Crippen LogP contribution in [0.4, 0.5) is 5.13 Å². The Morgan fingerprint density at radius 1 is 1.30 bits per heavy atom. The fourth-order valence-electron chi connectivity index (χ4n) is 1.79. The minimum absolute atomic E-state index is 0.135. The van der Waals surface area contributed by atoms with Crippen LogP contribution in [0.1, 0.15) is 25.7 Å². The van der Waals surface area contributed by atoms with E-state index in [4.69, 9.17) is 5.11 Å². The van der Waals surface area contributed by atoms with Crippen molar-refractivity contribution in [3.8, 4) is 11.8 Å². The predicted molar refractivity (Wildman–Crippen MR) is 71.5 cm³/mol. The molecule has 0 saturated carbocycles. The van der Waals surface area contributed by atoms with Gasteiger partial charge in [-0.2, -0.15) is 0 Å². The molecule has 0 bridgehead atoms. The van der Waals surface area contributed by atoms with E-state index in [1.807, 2.05) is 0 Å². The highest BCUT2D eigenvalue weighted by Gasteiger charge is 2.39. The first-order valence-electron chi connectivity index (χ1n) is 5.61. The van der Waals surface area contributed by atoms with Gasteiger partial charge >= 0.3 is 0 Å². The molecule has 7 heteroatoms. The van der Waals surface area contributed by atoms with E-state index in [2.05, 4.69) is 21.8 Å². The average Bonchev–Trinajstić information content (AvgIpc) is 3.02. The molecule has 20 heavy (non-hydrogen) atoms. The monoisotopic (exact) mass is 285 g/mol. The SMILES string of the molecule is O=C1c2cccnc2C(=O)N1c1ncc(C#CCO)s1. The molecule has 0 saturated heterocycles. The van der Waals surface area contributed by atoms with E-state index in [9.17, 15) is 9.59 Å². The van der Waals surface area contributed by atoms with Crippen molar-refractivity contribution in [2.24, 2.45) is 0 Å². The Bertz CT molecular complexity index is 737. The topological polar surface area (TPSA) is 83.4 Å². The molecule has 0 spiro atoms. The van der Waals surface area contributed by atoms with Crippen LogP contribution in [0.3, 0.4) is 0 Å². The van der Waals surface area contributed by atoms with Gasteiger partial charge in [0.25, 0.3) is 11.8 Å². The standard InChI is InChI=1S/C13H7N3O3S/c17-6-2-3-8-7-15-13(20-8)16-11(18)9-4-1-5-14-10(9)12(16)19/h1,4-5,7,17H,6H2. The minimum atomic E-state index is -0.485. The molecule has 98 valence electrons. The fourth-order valence-corrected chi connectivity index (χ4v) is 2.58. The molecule has 0 atom stereocenters. The number of hydrogen-bond donors (Lipinski definition) is 1. The number of aromatic nitrogens is 2. The zero-order valence-corrected chi connectivity index (χ0v) is 10.8. The number of hydrogen-bond acceptors (Lipinski definition) is 6. The Balaban J connectivity index is 1.99. The van der Waals surface area contributed by atoms with Crippen molar-refractivity contribution < 1.29 is 14.7 Å². The molecule has 1 N–H and O–H groups in total. The van der Waals surface area contributed by atoms with Crippen molar-refractivity contribution in [3.05, 3.63) is 40.7 Å². The Hall–Kier alpha value is -2.56. The Labute approximate surface area is 117 Å². The number of amides is 2. The second kappa shape index (κ2) is 4.85. The van der Waals surface area contributed by atoms with Gasteiger partial charge in [0.2, 0.25) is 5.13 Å². The van der Waals surface area contributed by atoms with Crippen LogP contribution < -0.4 is 4.90 Å². The van der Waals surface area contributed by atoms with Crippen LogP contribution in [0.25, 0.3) is 0 Å². The van der Waals surface area contributed by atoms with Gasteiger partial charge in [0.05, 0.1) is 16.6 Å². The van der Waals surface area contributed by atoms with Crippen molar-refractivity contribution in [2.45, 2.75) is 0 Å². The third-order valence-corrected chi connectivity index (χ3v) is 3.52. The molecule has 0 fully saturated rings. The molecular formula is C13H7N3O3S. The Morgan fingerprint density at radius 3 is 2.90 bits per heavy atom. The summed E-state index contributed by atoms with van der Waals surface area (Å²) in [6.45, 7) is -0.260. The predicted octanol–water partition coefficient (Wildman–Crippen LogP) is 0.682. The van der Waals surface area contributed by atoms with E-state index < -0.39 is 11.8 Å². The van der Waals surface area contributed by atoms with Gasteiger partial charge in [-0.3, -0.25) is 14.6 Å². The number of fused-ring (bicyclic) bond motifs is 1. The molecule has 6 nitrogen and oxygen atoms in total.